The number of nitrogens with zero attached hydrogens (tertiary/aromatic N) is 4. The molecule has 3 aromatic rings. The predicted molar refractivity (Wildman–Crippen MR) is 113 cm³/mol. The van der Waals surface area contributed by atoms with Gasteiger partial charge in [0, 0.05) is 24.5 Å². The molecule has 1 saturated heterocycles. The fraction of sp³-hybridized carbons (Fsp3) is 0.381. The number of fused-ring (bicyclic) bond motifs is 1. The molecule has 0 spiro atoms. The molecule has 28 heavy (non-hydrogen) atoms. The largest absolute Gasteiger partial charge is 0.480 e. The van der Waals surface area contributed by atoms with Crippen LogP contribution in [0.15, 0.2) is 41.8 Å². The zero-order chi connectivity index (χ0) is 19.5. The molecule has 0 saturated carbocycles. The van der Waals surface area contributed by atoms with Crippen molar-refractivity contribution in [3.8, 4) is 10.7 Å². The summed E-state index contributed by atoms with van der Waals surface area (Å²) in [6.07, 6.45) is 2.94. The van der Waals surface area contributed by atoms with Crippen LogP contribution in [0.2, 0.25) is 0 Å². The number of aromatic nitrogens is 2. The van der Waals surface area contributed by atoms with Crippen molar-refractivity contribution in [1.29, 1.82) is 0 Å². The van der Waals surface area contributed by atoms with Gasteiger partial charge in [-0.3, -0.25) is 9.69 Å². The van der Waals surface area contributed by atoms with E-state index in [2.05, 4.69) is 17.0 Å². The number of thiophene rings is 1. The molecule has 6 nitrogen and oxygen atoms in total. The van der Waals surface area contributed by atoms with Crippen LogP contribution in [0.3, 0.4) is 0 Å². The van der Waals surface area contributed by atoms with E-state index in [4.69, 9.17) is 15.1 Å². The molecule has 0 aliphatic carbocycles. The maximum atomic E-state index is 11.1. The van der Waals surface area contributed by atoms with Crippen molar-refractivity contribution in [2.75, 3.05) is 31.6 Å². The van der Waals surface area contributed by atoms with E-state index in [1.165, 1.54) is 0 Å². The Hall–Kier alpha value is -2.51. The highest BCUT2D eigenvalue weighted by Crippen LogP contribution is 2.31. The van der Waals surface area contributed by atoms with E-state index in [-0.39, 0.29) is 12.6 Å². The normalized spacial score (nSPS) is 17.8. The van der Waals surface area contributed by atoms with E-state index in [1.54, 1.807) is 11.3 Å². The average molecular weight is 397 g/mol. The molecule has 3 heterocycles. The Balaban J connectivity index is 1.64. The number of hydrogen-bond acceptors (Lipinski definition) is 6. The number of carboxylic acid groups (broad SMARTS) is 1. The molecular weight excluding hydrogens is 372 g/mol. The van der Waals surface area contributed by atoms with E-state index in [1.807, 2.05) is 41.6 Å². The van der Waals surface area contributed by atoms with Gasteiger partial charge >= 0.3 is 5.97 Å². The lowest BCUT2D eigenvalue weighted by Crippen LogP contribution is -2.36. The van der Waals surface area contributed by atoms with Gasteiger partial charge in [-0.15, -0.1) is 11.3 Å². The van der Waals surface area contributed by atoms with Gasteiger partial charge in [0.05, 0.1) is 16.9 Å². The Labute approximate surface area is 168 Å². The molecule has 1 aliphatic heterocycles. The van der Waals surface area contributed by atoms with Crippen LogP contribution in [0.1, 0.15) is 19.3 Å². The SMILES string of the molecule is CN(CC(=O)O)C1CCCN(c2nc(-c3cccs3)nc3ccccc23)CC1. The van der Waals surface area contributed by atoms with Crippen molar-refractivity contribution in [1.82, 2.24) is 14.9 Å². The van der Waals surface area contributed by atoms with E-state index < -0.39 is 5.97 Å². The Kier molecular flexibility index (Phi) is 5.54. The van der Waals surface area contributed by atoms with E-state index >= 15 is 0 Å². The zero-order valence-electron chi connectivity index (χ0n) is 15.9. The van der Waals surface area contributed by atoms with E-state index in [0.29, 0.717) is 0 Å². The van der Waals surface area contributed by atoms with Crippen molar-refractivity contribution in [2.24, 2.45) is 0 Å². The maximum absolute atomic E-state index is 11.1. The first-order valence-electron chi connectivity index (χ1n) is 9.59. The first-order chi connectivity index (χ1) is 13.6. The molecule has 4 rings (SSSR count). The third-order valence-corrected chi connectivity index (χ3v) is 6.20. The molecule has 1 N–H and O–H groups in total. The fourth-order valence-corrected chi connectivity index (χ4v) is 4.55. The highest BCUT2D eigenvalue weighted by Gasteiger charge is 2.24. The van der Waals surface area contributed by atoms with Crippen molar-refractivity contribution >= 4 is 34.0 Å². The minimum atomic E-state index is -0.772. The predicted octanol–water partition coefficient (Wildman–Crippen LogP) is 3.73. The molecule has 0 amide bonds. The maximum Gasteiger partial charge on any atom is 0.317 e. The first-order valence-corrected chi connectivity index (χ1v) is 10.5. The van der Waals surface area contributed by atoms with Crippen LogP contribution in [-0.2, 0) is 4.79 Å². The molecule has 1 atom stereocenters. The lowest BCUT2D eigenvalue weighted by molar-refractivity contribution is -0.138. The van der Waals surface area contributed by atoms with Crippen LogP contribution in [0, 0.1) is 0 Å². The van der Waals surface area contributed by atoms with Gasteiger partial charge in [-0.1, -0.05) is 18.2 Å². The summed E-state index contributed by atoms with van der Waals surface area (Å²) in [5, 5.41) is 12.2. The molecule has 0 radical (unpaired) electrons. The number of hydrogen-bond donors (Lipinski definition) is 1. The zero-order valence-corrected chi connectivity index (χ0v) is 16.7. The number of likely N-dealkylation sites (N-methyl/N-ethyl adjacent to an activating group) is 1. The summed E-state index contributed by atoms with van der Waals surface area (Å²) >= 11 is 1.65. The standard InChI is InChI=1S/C21H24N4O2S/c1-24(14-19(26)27)15-6-4-11-25(12-10-15)21-16-7-2-3-8-17(16)22-20(23-21)18-9-5-13-28-18/h2-3,5,7-9,13,15H,4,6,10-12,14H2,1H3,(H,26,27). The molecular formula is C21H24N4O2S. The molecule has 7 heteroatoms. The molecule has 146 valence electrons. The number of benzene rings is 1. The Bertz CT molecular complexity index is 960. The van der Waals surface area contributed by atoms with Crippen LogP contribution in [0.4, 0.5) is 5.82 Å². The second kappa shape index (κ2) is 8.24. The number of rotatable bonds is 5. The summed E-state index contributed by atoms with van der Waals surface area (Å²) in [7, 11) is 1.91. The summed E-state index contributed by atoms with van der Waals surface area (Å²) in [4.78, 5) is 26.1. The van der Waals surface area contributed by atoms with Crippen LogP contribution in [0.25, 0.3) is 21.6 Å². The quantitative estimate of drug-likeness (QED) is 0.709. The summed E-state index contributed by atoms with van der Waals surface area (Å²) in [6.45, 7) is 1.87. The van der Waals surface area contributed by atoms with Crippen molar-refractivity contribution in [3.63, 3.8) is 0 Å². The molecule has 1 aromatic carbocycles. The first kappa shape index (κ1) is 18.8. The lowest BCUT2D eigenvalue weighted by atomic mass is 10.1. The summed E-state index contributed by atoms with van der Waals surface area (Å²) in [6, 6.07) is 12.5. The summed E-state index contributed by atoms with van der Waals surface area (Å²) in [5.74, 6) is 0.981. The van der Waals surface area contributed by atoms with E-state index in [9.17, 15) is 4.79 Å². The Morgan fingerprint density at radius 1 is 1.21 bits per heavy atom. The second-order valence-electron chi connectivity index (χ2n) is 7.25. The van der Waals surface area contributed by atoms with Gasteiger partial charge < -0.3 is 10.0 Å². The van der Waals surface area contributed by atoms with Gasteiger partial charge in [0.15, 0.2) is 5.82 Å². The van der Waals surface area contributed by atoms with Crippen LogP contribution in [-0.4, -0.2) is 58.7 Å². The summed E-state index contributed by atoms with van der Waals surface area (Å²) < 4.78 is 0. The Morgan fingerprint density at radius 2 is 2.07 bits per heavy atom. The van der Waals surface area contributed by atoms with Gasteiger partial charge in [-0.05, 0) is 49.9 Å². The van der Waals surface area contributed by atoms with Crippen LogP contribution in [0.5, 0.6) is 0 Å². The smallest absolute Gasteiger partial charge is 0.317 e. The molecule has 1 aliphatic rings. The minimum absolute atomic E-state index is 0.0869. The van der Waals surface area contributed by atoms with Gasteiger partial charge in [-0.2, -0.15) is 0 Å². The third kappa shape index (κ3) is 4.00. The van der Waals surface area contributed by atoms with Gasteiger partial charge in [0.2, 0.25) is 0 Å². The Morgan fingerprint density at radius 3 is 2.86 bits per heavy atom. The second-order valence-corrected chi connectivity index (χ2v) is 8.19. The monoisotopic (exact) mass is 396 g/mol. The van der Waals surface area contributed by atoms with Crippen LogP contribution >= 0.6 is 11.3 Å². The highest BCUT2D eigenvalue weighted by atomic mass is 32.1. The number of carbonyl (C=O) groups is 1. The van der Waals surface area contributed by atoms with Gasteiger partial charge in [0.1, 0.15) is 5.82 Å². The van der Waals surface area contributed by atoms with Crippen LogP contribution < -0.4 is 4.90 Å². The molecule has 1 unspecified atom stereocenters. The van der Waals surface area contributed by atoms with Gasteiger partial charge in [-0.25, -0.2) is 9.97 Å². The van der Waals surface area contributed by atoms with E-state index in [0.717, 1.165) is 59.8 Å². The third-order valence-electron chi connectivity index (χ3n) is 5.33. The van der Waals surface area contributed by atoms with Crippen molar-refractivity contribution < 1.29 is 9.90 Å². The molecule has 1 fully saturated rings. The molecule has 2 aromatic heterocycles. The topological polar surface area (TPSA) is 69.6 Å². The highest BCUT2D eigenvalue weighted by molar-refractivity contribution is 7.13. The van der Waals surface area contributed by atoms with Crippen molar-refractivity contribution in [3.05, 3.63) is 41.8 Å². The van der Waals surface area contributed by atoms with Crippen molar-refractivity contribution in [2.45, 2.75) is 25.3 Å². The van der Waals surface area contributed by atoms with Gasteiger partial charge in [0.25, 0.3) is 0 Å². The number of para-hydroxylation sites is 1. The number of aliphatic carboxylic acids is 1. The minimum Gasteiger partial charge on any atom is -0.480 e. The number of carboxylic acids is 1. The molecule has 0 bridgehead atoms. The number of anilines is 1. The summed E-state index contributed by atoms with van der Waals surface area (Å²) in [5.41, 5.74) is 0.958. The average Bonchev–Trinajstić information content (AvgIpc) is 3.11. The fourth-order valence-electron chi connectivity index (χ4n) is 3.89. The lowest BCUT2D eigenvalue weighted by Gasteiger charge is -2.26.